The SMILES string of the molecule is CC.Cc1cccc(C(=O)OC(C)(C)C)c1C(=O)O. The summed E-state index contributed by atoms with van der Waals surface area (Å²) in [4.78, 5) is 23.0. The van der Waals surface area contributed by atoms with E-state index in [4.69, 9.17) is 9.84 Å². The molecule has 0 bridgehead atoms. The van der Waals surface area contributed by atoms with Crippen molar-refractivity contribution >= 4 is 11.9 Å². The molecule has 0 radical (unpaired) electrons. The molecule has 0 aliphatic rings. The largest absolute Gasteiger partial charge is 0.478 e. The molecule has 0 amide bonds. The fraction of sp³-hybridized carbons (Fsp3) is 0.467. The zero-order valence-corrected chi connectivity index (χ0v) is 12.4. The quantitative estimate of drug-likeness (QED) is 0.829. The van der Waals surface area contributed by atoms with Crippen molar-refractivity contribution in [1.82, 2.24) is 0 Å². The second-order valence-corrected chi connectivity index (χ2v) is 4.80. The topological polar surface area (TPSA) is 63.6 Å². The van der Waals surface area contributed by atoms with Crippen molar-refractivity contribution in [3.63, 3.8) is 0 Å². The summed E-state index contributed by atoms with van der Waals surface area (Å²) in [6.07, 6.45) is 0. The Hall–Kier alpha value is -1.84. The lowest BCUT2D eigenvalue weighted by molar-refractivity contribution is 0.00657. The molecular formula is C15H22O4. The van der Waals surface area contributed by atoms with Crippen LogP contribution in [0.5, 0.6) is 0 Å². The molecule has 0 atom stereocenters. The number of carbonyl (C=O) groups excluding carboxylic acids is 1. The van der Waals surface area contributed by atoms with Crippen LogP contribution < -0.4 is 0 Å². The number of hydrogen-bond donors (Lipinski definition) is 1. The predicted octanol–water partition coefficient (Wildman–Crippen LogP) is 3.67. The first-order valence-electron chi connectivity index (χ1n) is 6.28. The van der Waals surface area contributed by atoms with E-state index in [2.05, 4.69) is 0 Å². The Kier molecular flexibility index (Phi) is 6.25. The number of rotatable bonds is 2. The van der Waals surface area contributed by atoms with Gasteiger partial charge in [0.25, 0.3) is 0 Å². The first-order valence-corrected chi connectivity index (χ1v) is 6.28. The Labute approximate surface area is 114 Å². The van der Waals surface area contributed by atoms with Gasteiger partial charge in [0.05, 0.1) is 11.1 Å². The molecule has 0 aliphatic carbocycles. The normalized spacial score (nSPS) is 10.2. The zero-order valence-electron chi connectivity index (χ0n) is 12.4. The third-order valence-corrected chi connectivity index (χ3v) is 2.11. The minimum Gasteiger partial charge on any atom is -0.478 e. The van der Waals surface area contributed by atoms with Gasteiger partial charge in [-0.25, -0.2) is 9.59 Å². The van der Waals surface area contributed by atoms with Gasteiger partial charge in [0, 0.05) is 0 Å². The monoisotopic (exact) mass is 266 g/mol. The van der Waals surface area contributed by atoms with Crippen LogP contribution in [0.3, 0.4) is 0 Å². The van der Waals surface area contributed by atoms with Crippen LogP contribution in [0.2, 0.25) is 0 Å². The fourth-order valence-corrected chi connectivity index (χ4v) is 1.45. The summed E-state index contributed by atoms with van der Waals surface area (Å²) in [5.41, 5.74) is -0.00797. The van der Waals surface area contributed by atoms with Crippen molar-refractivity contribution in [2.45, 2.75) is 47.1 Å². The molecule has 1 aromatic rings. The molecule has 0 aliphatic heterocycles. The van der Waals surface area contributed by atoms with Crippen LogP contribution in [0, 0.1) is 6.92 Å². The Balaban J connectivity index is 0.00000154. The summed E-state index contributed by atoms with van der Waals surface area (Å²) in [6.45, 7) is 10.9. The lowest BCUT2D eigenvalue weighted by atomic mass is 10.0. The van der Waals surface area contributed by atoms with E-state index in [-0.39, 0.29) is 11.1 Å². The molecular weight excluding hydrogens is 244 g/mol. The highest BCUT2D eigenvalue weighted by Gasteiger charge is 2.23. The van der Waals surface area contributed by atoms with Gasteiger partial charge in [0.15, 0.2) is 0 Å². The average molecular weight is 266 g/mol. The third kappa shape index (κ3) is 5.12. The molecule has 4 nitrogen and oxygen atoms in total. The van der Waals surface area contributed by atoms with E-state index >= 15 is 0 Å². The number of hydrogen-bond acceptors (Lipinski definition) is 3. The Morgan fingerprint density at radius 2 is 1.68 bits per heavy atom. The van der Waals surface area contributed by atoms with Crippen LogP contribution in [-0.2, 0) is 4.74 Å². The summed E-state index contributed by atoms with van der Waals surface area (Å²) in [5, 5.41) is 9.09. The van der Waals surface area contributed by atoms with Gasteiger partial charge in [-0.1, -0.05) is 26.0 Å². The van der Waals surface area contributed by atoms with Crippen LogP contribution in [0.25, 0.3) is 0 Å². The second-order valence-electron chi connectivity index (χ2n) is 4.80. The maximum Gasteiger partial charge on any atom is 0.339 e. The van der Waals surface area contributed by atoms with Crippen molar-refractivity contribution in [2.24, 2.45) is 0 Å². The first-order chi connectivity index (χ1) is 8.72. The van der Waals surface area contributed by atoms with Gasteiger partial charge < -0.3 is 9.84 Å². The van der Waals surface area contributed by atoms with Crippen molar-refractivity contribution in [1.29, 1.82) is 0 Å². The molecule has 1 rings (SSSR count). The third-order valence-electron chi connectivity index (χ3n) is 2.11. The Morgan fingerprint density at radius 3 is 2.11 bits per heavy atom. The van der Waals surface area contributed by atoms with E-state index in [1.54, 1.807) is 39.8 Å². The summed E-state index contributed by atoms with van der Waals surface area (Å²) in [6, 6.07) is 4.75. The second kappa shape index (κ2) is 6.92. The maximum absolute atomic E-state index is 11.9. The van der Waals surface area contributed by atoms with Gasteiger partial charge in [-0.15, -0.1) is 0 Å². The van der Waals surface area contributed by atoms with Gasteiger partial charge in [-0.05, 0) is 39.3 Å². The summed E-state index contributed by atoms with van der Waals surface area (Å²) in [7, 11) is 0. The predicted molar refractivity (Wildman–Crippen MR) is 74.7 cm³/mol. The summed E-state index contributed by atoms with van der Waals surface area (Å²) >= 11 is 0. The van der Waals surface area contributed by atoms with Gasteiger partial charge in [-0.3, -0.25) is 0 Å². The van der Waals surface area contributed by atoms with E-state index in [1.807, 2.05) is 13.8 Å². The minimum atomic E-state index is -1.12. The number of aryl methyl sites for hydroxylation is 1. The molecule has 19 heavy (non-hydrogen) atoms. The minimum absolute atomic E-state index is 0.00162. The first kappa shape index (κ1) is 17.2. The highest BCUT2D eigenvalue weighted by molar-refractivity contribution is 6.03. The van der Waals surface area contributed by atoms with E-state index in [1.165, 1.54) is 6.07 Å². The van der Waals surface area contributed by atoms with Crippen molar-refractivity contribution in [3.8, 4) is 0 Å². The van der Waals surface area contributed by atoms with Crippen LogP contribution in [0.1, 0.15) is 60.9 Å². The lowest BCUT2D eigenvalue weighted by Crippen LogP contribution is -2.25. The van der Waals surface area contributed by atoms with E-state index in [9.17, 15) is 9.59 Å². The van der Waals surface area contributed by atoms with Gasteiger partial charge >= 0.3 is 11.9 Å². The molecule has 1 aromatic carbocycles. The van der Waals surface area contributed by atoms with Crippen LogP contribution >= 0.6 is 0 Å². The zero-order chi connectivity index (χ0) is 15.2. The van der Waals surface area contributed by atoms with Gasteiger partial charge in [0.1, 0.15) is 5.60 Å². The van der Waals surface area contributed by atoms with Crippen LogP contribution in [0.15, 0.2) is 18.2 Å². The van der Waals surface area contributed by atoms with Crippen molar-refractivity contribution in [2.75, 3.05) is 0 Å². The molecule has 0 heterocycles. The molecule has 0 saturated heterocycles. The number of ether oxygens (including phenoxy) is 1. The van der Waals surface area contributed by atoms with Gasteiger partial charge in [-0.2, -0.15) is 0 Å². The molecule has 4 heteroatoms. The maximum atomic E-state index is 11.9. The molecule has 0 saturated carbocycles. The highest BCUT2D eigenvalue weighted by Crippen LogP contribution is 2.18. The Morgan fingerprint density at radius 1 is 1.16 bits per heavy atom. The molecule has 0 spiro atoms. The van der Waals surface area contributed by atoms with Crippen LogP contribution in [-0.4, -0.2) is 22.6 Å². The standard InChI is InChI=1S/C13H16O4.C2H6/c1-8-6-5-7-9(10(8)11(14)15)12(16)17-13(2,3)4;1-2/h5-7H,1-4H3,(H,14,15);1-2H3. The van der Waals surface area contributed by atoms with Crippen molar-refractivity contribution < 1.29 is 19.4 Å². The molecule has 106 valence electrons. The number of aromatic carboxylic acids is 1. The number of carboxylic acids is 1. The molecule has 1 N–H and O–H groups in total. The van der Waals surface area contributed by atoms with Crippen molar-refractivity contribution in [3.05, 3.63) is 34.9 Å². The number of carboxylic acid groups (broad SMARTS) is 1. The van der Waals surface area contributed by atoms with E-state index in [0.717, 1.165) is 0 Å². The molecule has 0 unspecified atom stereocenters. The van der Waals surface area contributed by atoms with E-state index in [0.29, 0.717) is 5.56 Å². The van der Waals surface area contributed by atoms with E-state index < -0.39 is 17.5 Å². The highest BCUT2D eigenvalue weighted by atomic mass is 16.6. The lowest BCUT2D eigenvalue weighted by Gasteiger charge is -2.20. The summed E-state index contributed by atoms with van der Waals surface area (Å²) < 4.78 is 5.17. The molecule has 0 aromatic heterocycles. The average Bonchev–Trinajstić information content (AvgIpc) is 2.28. The number of benzene rings is 1. The smallest absolute Gasteiger partial charge is 0.339 e. The summed E-state index contributed by atoms with van der Waals surface area (Å²) in [5.74, 6) is -1.73. The van der Waals surface area contributed by atoms with Crippen LogP contribution in [0.4, 0.5) is 0 Å². The number of esters is 1. The Bertz CT molecular complexity index is 456. The molecule has 0 fully saturated rings. The number of carbonyl (C=O) groups is 2. The fourth-order valence-electron chi connectivity index (χ4n) is 1.45. The van der Waals surface area contributed by atoms with Gasteiger partial charge in [0.2, 0.25) is 0 Å².